The summed E-state index contributed by atoms with van der Waals surface area (Å²) >= 11 is 0. The van der Waals surface area contributed by atoms with Gasteiger partial charge < -0.3 is 14.7 Å². The van der Waals surface area contributed by atoms with Crippen LogP contribution in [-0.2, 0) is 9.53 Å². The Morgan fingerprint density at radius 3 is 2.85 bits per heavy atom. The van der Waals surface area contributed by atoms with E-state index in [1.54, 1.807) is 7.11 Å². The number of rotatable bonds is 4. The average molecular weight is 187 g/mol. The van der Waals surface area contributed by atoms with Crippen molar-refractivity contribution in [1.29, 1.82) is 0 Å². The highest BCUT2D eigenvalue weighted by molar-refractivity contribution is 5.67. The molecule has 0 bridgehead atoms. The molecule has 0 aromatic heterocycles. The molecule has 1 saturated heterocycles. The number of aliphatic carboxylic acids is 1. The van der Waals surface area contributed by atoms with Gasteiger partial charge in [0.15, 0.2) is 0 Å². The largest absolute Gasteiger partial charge is 0.481 e. The Morgan fingerprint density at radius 1 is 1.77 bits per heavy atom. The fraction of sp³-hybridized carbons (Fsp3) is 0.889. The van der Waals surface area contributed by atoms with Crippen LogP contribution in [0.15, 0.2) is 0 Å². The third-order valence-electron chi connectivity index (χ3n) is 2.63. The monoisotopic (exact) mass is 187 g/mol. The number of carboxylic acids is 1. The van der Waals surface area contributed by atoms with E-state index in [-0.39, 0.29) is 12.5 Å². The molecule has 0 aliphatic carbocycles. The summed E-state index contributed by atoms with van der Waals surface area (Å²) in [6.07, 6.45) is 1.04. The second kappa shape index (κ2) is 4.58. The van der Waals surface area contributed by atoms with Crippen molar-refractivity contribution < 1.29 is 14.6 Å². The quantitative estimate of drug-likeness (QED) is 0.693. The van der Waals surface area contributed by atoms with Crippen LogP contribution in [0.3, 0.4) is 0 Å². The van der Waals surface area contributed by atoms with Crippen LogP contribution in [0, 0.1) is 5.92 Å². The van der Waals surface area contributed by atoms with Gasteiger partial charge in [-0.1, -0.05) is 0 Å². The minimum absolute atomic E-state index is 0.120. The van der Waals surface area contributed by atoms with Crippen molar-refractivity contribution in [3.05, 3.63) is 0 Å². The average Bonchev–Trinajstić information content (AvgIpc) is 2.47. The smallest absolute Gasteiger partial charge is 0.305 e. The Bertz CT molecular complexity index is 184. The minimum atomic E-state index is -0.776. The second-order valence-corrected chi connectivity index (χ2v) is 3.68. The molecular weight excluding hydrogens is 170 g/mol. The second-order valence-electron chi connectivity index (χ2n) is 3.68. The van der Waals surface area contributed by atoms with E-state index in [0.29, 0.717) is 5.92 Å². The highest BCUT2D eigenvalue weighted by atomic mass is 16.5. The zero-order valence-corrected chi connectivity index (χ0v) is 8.19. The van der Waals surface area contributed by atoms with Crippen LogP contribution < -0.4 is 0 Å². The lowest BCUT2D eigenvalue weighted by atomic mass is 9.99. The Balaban J connectivity index is 2.42. The van der Waals surface area contributed by atoms with E-state index >= 15 is 0 Å². The van der Waals surface area contributed by atoms with Crippen molar-refractivity contribution in [3.63, 3.8) is 0 Å². The van der Waals surface area contributed by atoms with Gasteiger partial charge in [0, 0.05) is 13.7 Å². The van der Waals surface area contributed by atoms with E-state index in [9.17, 15) is 4.79 Å². The molecule has 0 amide bonds. The van der Waals surface area contributed by atoms with Crippen molar-refractivity contribution in [1.82, 2.24) is 4.90 Å². The third kappa shape index (κ3) is 2.97. The van der Waals surface area contributed by atoms with E-state index in [0.717, 1.165) is 19.5 Å². The molecule has 0 spiro atoms. The predicted molar refractivity (Wildman–Crippen MR) is 48.7 cm³/mol. The van der Waals surface area contributed by atoms with Crippen molar-refractivity contribution in [2.45, 2.75) is 18.9 Å². The number of likely N-dealkylation sites (tertiary alicyclic amines) is 1. The first-order chi connectivity index (χ1) is 6.13. The Kier molecular flexibility index (Phi) is 3.69. The zero-order valence-electron chi connectivity index (χ0n) is 8.19. The van der Waals surface area contributed by atoms with Crippen molar-refractivity contribution in [2.75, 3.05) is 27.2 Å². The molecular formula is C9H17NO3. The molecule has 1 aliphatic rings. The summed E-state index contributed by atoms with van der Waals surface area (Å²) in [7, 11) is 3.64. The Labute approximate surface area is 78.5 Å². The number of nitrogens with zero attached hydrogens (tertiary/aromatic N) is 1. The summed E-state index contributed by atoms with van der Waals surface area (Å²) in [5.74, 6) is -0.396. The number of carbonyl (C=O) groups is 1. The van der Waals surface area contributed by atoms with Crippen LogP contribution in [0.5, 0.6) is 0 Å². The van der Waals surface area contributed by atoms with E-state index in [2.05, 4.69) is 4.90 Å². The van der Waals surface area contributed by atoms with Gasteiger partial charge in [0.05, 0.1) is 12.5 Å². The van der Waals surface area contributed by atoms with Crippen LogP contribution in [0.2, 0.25) is 0 Å². The molecule has 1 aliphatic heterocycles. The van der Waals surface area contributed by atoms with Gasteiger partial charge in [0.2, 0.25) is 0 Å². The SMILES string of the molecule is COC(CC(=O)O)C1CCN(C)C1. The molecule has 1 N–H and O–H groups in total. The number of methoxy groups -OCH3 is 1. The summed E-state index contributed by atoms with van der Waals surface area (Å²) in [5.41, 5.74) is 0. The maximum absolute atomic E-state index is 10.5. The summed E-state index contributed by atoms with van der Waals surface area (Å²) in [5, 5.41) is 8.65. The van der Waals surface area contributed by atoms with Crippen molar-refractivity contribution in [3.8, 4) is 0 Å². The molecule has 1 fully saturated rings. The van der Waals surface area contributed by atoms with Crippen LogP contribution >= 0.6 is 0 Å². The maximum Gasteiger partial charge on any atom is 0.305 e. The molecule has 0 aromatic rings. The lowest BCUT2D eigenvalue weighted by Crippen LogP contribution is -2.28. The normalized spacial score (nSPS) is 26.2. The molecule has 4 heteroatoms. The maximum atomic E-state index is 10.5. The highest BCUT2D eigenvalue weighted by Gasteiger charge is 2.29. The Hall–Kier alpha value is -0.610. The van der Waals surface area contributed by atoms with Gasteiger partial charge >= 0.3 is 5.97 Å². The molecule has 76 valence electrons. The summed E-state index contributed by atoms with van der Waals surface area (Å²) in [6.45, 7) is 2.00. The molecule has 0 aromatic carbocycles. The van der Waals surface area contributed by atoms with Gasteiger partial charge in [-0.15, -0.1) is 0 Å². The van der Waals surface area contributed by atoms with Gasteiger partial charge in [-0.05, 0) is 25.9 Å². The van der Waals surface area contributed by atoms with E-state index in [4.69, 9.17) is 9.84 Å². The van der Waals surface area contributed by atoms with Gasteiger partial charge in [0.25, 0.3) is 0 Å². The summed E-state index contributed by atoms with van der Waals surface area (Å²) in [6, 6.07) is 0. The van der Waals surface area contributed by atoms with Gasteiger partial charge in [0.1, 0.15) is 0 Å². The zero-order chi connectivity index (χ0) is 9.84. The molecule has 2 unspecified atom stereocenters. The van der Waals surface area contributed by atoms with Gasteiger partial charge in [-0.3, -0.25) is 4.79 Å². The van der Waals surface area contributed by atoms with Gasteiger partial charge in [-0.25, -0.2) is 0 Å². The topological polar surface area (TPSA) is 49.8 Å². The van der Waals surface area contributed by atoms with Gasteiger partial charge in [-0.2, -0.15) is 0 Å². The fourth-order valence-electron chi connectivity index (χ4n) is 1.89. The van der Waals surface area contributed by atoms with E-state index in [1.165, 1.54) is 0 Å². The number of ether oxygens (including phenoxy) is 1. The standard InChI is InChI=1S/C9H17NO3/c1-10-4-3-7(6-10)8(13-2)5-9(11)12/h7-8H,3-6H2,1-2H3,(H,11,12). The lowest BCUT2D eigenvalue weighted by Gasteiger charge is -2.20. The van der Waals surface area contributed by atoms with Crippen molar-refractivity contribution >= 4 is 5.97 Å². The third-order valence-corrected chi connectivity index (χ3v) is 2.63. The minimum Gasteiger partial charge on any atom is -0.481 e. The van der Waals surface area contributed by atoms with Crippen LogP contribution in [0.1, 0.15) is 12.8 Å². The highest BCUT2D eigenvalue weighted by Crippen LogP contribution is 2.22. The first-order valence-electron chi connectivity index (χ1n) is 4.56. The fourth-order valence-corrected chi connectivity index (χ4v) is 1.89. The number of carboxylic acid groups (broad SMARTS) is 1. The molecule has 1 rings (SSSR count). The number of hydrogen-bond acceptors (Lipinski definition) is 3. The molecule has 0 radical (unpaired) electrons. The van der Waals surface area contributed by atoms with E-state index in [1.807, 2.05) is 7.05 Å². The van der Waals surface area contributed by atoms with Crippen LogP contribution in [0.25, 0.3) is 0 Å². The molecule has 13 heavy (non-hydrogen) atoms. The summed E-state index contributed by atoms with van der Waals surface area (Å²) in [4.78, 5) is 12.7. The molecule has 4 nitrogen and oxygen atoms in total. The number of hydrogen-bond donors (Lipinski definition) is 1. The predicted octanol–water partition coefficient (Wildman–Crippen LogP) is 0.428. The first-order valence-corrected chi connectivity index (χ1v) is 4.56. The first kappa shape index (κ1) is 10.5. The van der Waals surface area contributed by atoms with Crippen LogP contribution in [-0.4, -0.2) is 49.3 Å². The van der Waals surface area contributed by atoms with Crippen molar-refractivity contribution in [2.24, 2.45) is 5.92 Å². The summed E-state index contributed by atoms with van der Waals surface area (Å²) < 4.78 is 5.19. The lowest BCUT2D eigenvalue weighted by molar-refractivity contribution is -0.140. The van der Waals surface area contributed by atoms with Crippen LogP contribution in [0.4, 0.5) is 0 Å². The van der Waals surface area contributed by atoms with E-state index < -0.39 is 5.97 Å². The molecule has 0 saturated carbocycles. The molecule has 1 heterocycles. The molecule has 2 atom stereocenters. The Morgan fingerprint density at radius 2 is 2.46 bits per heavy atom.